The molecule has 1 N–H and O–H groups in total. The van der Waals surface area contributed by atoms with Gasteiger partial charge >= 0.3 is 0 Å². The van der Waals surface area contributed by atoms with E-state index in [-0.39, 0.29) is 6.54 Å². The highest BCUT2D eigenvalue weighted by Gasteiger charge is 2.35. The fourth-order valence-corrected chi connectivity index (χ4v) is 3.38. The topological polar surface area (TPSA) is 88.6 Å². The Hall–Kier alpha value is -2.61. The number of aromatic nitrogens is 1. The van der Waals surface area contributed by atoms with E-state index in [1.165, 1.54) is 10.5 Å². The molecule has 8 heteroatoms. The number of pyridine rings is 1. The van der Waals surface area contributed by atoms with Crippen LogP contribution >= 0.6 is 0 Å². The second kappa shape index (κ2) is 6.12. The summed E-state index contributed by atoms with van der Waals surface area (Å²) in [6, 6.07) is 8.59. The standard InChI is InChI=1S/C16H17N3O4S/c1-11-5-6-14-13(8-11)19(24(2,21)22)10-15(23-14)16(20)18-12-4-3-7-17-9-12/h3-9,15H,10H2,1-2H3,(H,18,20). The number of carbonyl (C=O) groups is 1. The number of amides is 1. The summed E-state index contributed by atoms with van der Waals surface area (Å²) < 4.78 is 31.1. The highest BCUT2D eigenvalue weighted by atomic mass is 32.2. The van der Waals surface area contributed by atoms with Gasteiger partial charge in [-0.15, -0.1) is 0 Å². The van der Waals surface area contributed by atoms with Crippen molar-refractivity contribution in [1.29, 1.82) is 0 Å². The average Bonchev–Trinajstić information content (AvgIpc) is 2.53. The van der Waals surface area contributed by atoms with Crippen LogP contribution in [0.3, 0.4) is 0 Å². The quantitative estimate of drug-likeness (QED) is 0.910. The summed E-state index contributed by atoms with van der Waals surface area (Å²) in [5.74, 6) is -0.0634. The minimum atomic E-state index is -3.53. The van der Waals surface area contributed by atoms with Crippen molar-refractivity contribution in [3.05, 3.63) is 48.3 Å². The molecule has 24 heavy (non-hydrogen) atoms. The lowest BCUT2D eigenvalue weighted by atomic mass is 10.1. The molecular weight excluding hydrogens is 330 g/mol. The predicted molar refractivity (Wildman–Crippen MR) is 90.7 cm³/mol. The first-order chi connectivity index (χ1) is 11.3. The van der Waals surface area contributed by atoms with Gasteiger partial charge in [-0.05, 0) is 36.8 Å². The lowest BCUT2D eigenvalue weighted by molar-refractivity contribution is -0.122. The lowest BCUT2D eigenvalue weighted by Crippen LogP contribution is -2.48. The number of anilines is 2. The number of hydrogen-bond donors (Lipinski definition) is 1. The number of nitrogens with zero attached hydrogens (tertiary/aromatic N) is 2. The van der Waals surface area contributed by atoms with Crippen molar-refractivity contribution in [1.82, 2.24) is 4.98 Å². The van der Waals surface area contributed by atoms with Crippen molar-refractivity contribution >= 4 is 27.3 Å². The van der Waals surface area contributed by atoms with Gasteiger partial charge in [0.2, 0.25) is 10.0 Å². The van der Waals surface area contributed by atoms with Crippen LogP contribution in [0.2, 0.25) is 0 Å². The van der Waals surface area contributed by atoms with Gasteiger partial charge in [-0.25, -0.2) is 8.42 Å². The Morgan fingerprint density at radius 2 is 2.17 bits per heavy atom. The molecule has 1 atom stereocenters. The van der Waals surface area contributed by atoms with E-state index >= 15 is 0 Å². The summed E-state index contributed by atoms with van der Waals surface area (Å²) in [7, 11) is -3.53. The number of sulfonamides is 1. The molecule has 1 aliphatic rings. The van der Waals surface area contributed by atoms with Crippen LogP contribution in [0, 0.1) is 6.92 Å². The minimum absolute atomic E-state index is 0.0820. The van der Waals surface area contributed by atoms with Crippen LogP contribution in [0.1, 0.15) is 5.56 Å². The van der Waals surface area contributed by atoms with Crippen molar-refractivity contribution in [2.45, 2.75) is 13.0 Å². The van der Waals surface area contributed by atoms with E-state index in [2.05, 4.69) is 10.3 Å². The molecule has 0 saturated carbocycles. The maximum absolute atomic E-state index is 12.4. The molecule has 1 aliphatic heterocycles. The van der Waals surface area contributed by atoms with Gasteiger partial charge in [-0.3, -0.25) is 14.1 Å². The van der Waals surface area contributed by atoms with Crippen LogP contribution in [0.15, 0.2) is 42.7 Å². The molecular formula is C16H17N3O4S. The molecule has 1 aromatic heterocycles. The van der Waals surface area contributed by atoms with Gasteiger partial charge in [-0.1, -0.05) is 6.07 Å². The Kier molecular flexibility index (Phi) is 4.15. The summed E-state index contributed by atoms with van der Waals surface area (Å²) >= 11 is 0. The van der Waals surface area contributed by atoms with Crippen molar-refractivity contribution in [2.75, 3.05) is 22.4 Å². The third kappa shape index (κ3) is 3.33. The van der Waals surface area contributed by atoms with Crippen LogP contribution < -0.4 is 14.4 Å². The van der Waals surface area contributed by atoms with Crippen LogP contribution in [0.4, 0.5) is 11.4 Å². The SMILES string of the molecule is Cc1ccc2c(c1)N(S(C)(=O)=O)CC(C(=O)Nc1cccnc1)O2. The second-order valence-corrected chi connectivity index (χ2v) is 7.51. The molecule has 2 aromatic rings. The first-order valence-corrected chi connectivity index (χ1v) is 9.15. The largest absolute Gasteiger partial charge is 0.476 e. The zero-order chi connectivity index (χ0) is 17.3. The average molecular weight is 347 g/mol. The summed E-state index contributed by atoms with van der Waals surface area (Å²) in [6.45, 7) is 1.78. The highest BCUT2D eigenvalue weighted by Crippen LogP contribution is 2.35. The Balaban J connectivity index is 1.89. The van der Waals surface area contributed by atoms with Gasteiger partial charge in [0, 0.05) is 6.20 Å². The van der Waals surface area contributed by atoms with E-state index in [1.54, 1.807) is 36.5 Å². The zero-order valence-corrected chi connectivity index (χ0v) is 14.1. The summed E-state index contributed by atoms with van der Waals surface area (Å²) in [5.41, 5.74) is 1.87. The zero-order valence-electron chi connectivity index (χ0n) is 13.3. The molecule has 1 amide bonds. The smallest absolute Gasteiger partial charge is 0.267 e. The Labute approximate surface area is 140 Å². The van der Waals surface area contributed by atoms with Gasteiger partial charge in [0.05, 0.1) is 30.4 Å². The molecule has 0 fully saturated rings. The fraction of sp³-hybridized carbons (Fsp3) is 0.250. The summed E-state index contributed by atoms with van der Waals surface area (Å²) in [4.78, 5) is 16.4. The van der Waals surface area contributed by atoms with Gasteiger partial charge < -0.3 is 10.1 Å². The number of ether oxygens (including phenoxy) is 1. The van der Waals surface area contributed by atoms with Gasteiger partial charge in [0.15, 0.2) is 6.10 Å². The van der Waals surface area contributed by atoms with E-state index in [4.69, 9.17) is 4.74 Å². The molecule has 1 aromatic carbocycles. The van der Waals surface area contributed by atoms with Crippen molar-refractivity contribution in [3.63, 3.8) is 0 Å². The minimum Gasteiger partial charge on any atom is -0.476 e. The number of rotatable bonds is 3. The van der Waals surface area contributed by atoms with Crippen LogP contribution in [0.5, 0.6) is 5.75 Å². The number of nitrogens with one attached hydrogen (secondary N) is 1. The van der Waals surface area contributed by atoms with Crippen LogP contribution in [0.25, 0.3) is 0 Å². The first-order valence-electron chi connectivity index (χ1n) is 7.30. The molecule has 126 valence electrons. The summed E-state index contributed by atoms with van der Waals surface area (Å²) in [5, 5.41) is 2.68. The van der Waals surface area contributed by atoms with Crippen molar-refractivity contribution in [2.24, 2.45) is 0 Å². The third-order valence-electron chi connectivity index (χ3n) is 3.61. The molecule has 0 saturated heterocycles. The highest BCUT2D eigenvalue weighted by molar-refractivity contribution is 7.92. The van der Waals surface area contributed by atoms with Crippen LogP contribution in [-0.2, 0) is 14.8 Å². The summed E-state index contributed by atoms with van der Waals surface area (Å²) in [6.07, 6.45) is 3.26. The van der Waals surface area contributed by atoms with Gasteiger partial charge in [-0.2, -0.15) is 0 Å². The first kappa shape index (κ1) is 16.3. The molecule has 1 unspecified atom stereocenters. The maximum Gasteiger partial charge on any atom is 0.267 e. The van der Waals surface area contributed by atoms with Gasteiger partial charge in [0.1, 0.15) is 5.75 Å². The van der Waals surface area contributed by atoms with Crippen LogP contribution in [-0.4, -0.2) is 38.2 Å². The predicted octanol–water partition coefficient (Wildman–Crippen LogP) is 1.56. The van der Waals surface area contributed by atoms with Crippen molar-refractivity contribution in [3.8, 4) is 5.75 Å². The number of aryl methyl sites for hydroxylation is 1. The fourth-order valence-electron chi connectivity index (χ4n) is 2.47. The van der Waals surface area contributed by atoms with E-state index < -0.39 is 22.0 Å². The Bertz CT molecular complexity index is 868. The molecule has 0 spiro atoms. The monoisotopic (exact) mass is 347 g/mol. The Morgan fingerprint density at radius 3 is 2.83 bits per heavy atom. The van der Waals surface area contributed by atoms with E-state index in [9.17, 15) is 13.2 Å². The maximum atomic E-state index is 12.4. The second-order valence-electron chi connectivity index (χ2n) is 5.60. The van der Waals surface area contributed by atoms with Crippen molar-refractivity contribution < 1.29 is 17.9 Å². The van der Waals surface area contributed by atoms with E-state index in [0.29, 0.717) is 17.1 Å². The lowest BCUT2D eigenvalue weighted by Gasteiger charge is -2.34. The number of benzene rings is 1. The Morgan fingerprint density at radius 1 is 1.38 bits per heavy atom. The molecule has 3 rings (SSSR count). The molecule has 2 heterocycles. The number of fused-ring (bicyclic) bond motifs is 1. The van der Waals surface area contributed by atoms with E-state index in [1.807, 2.05) is 6.92 Å². The number of hydrogen-bond acceptors (Lipinski definition) is 5. The third-order valence-corrected chi connectivity index (χ3v) is 4.75. The molecule has 0 bridgehead atoms. The molecule has 0 radical (unpaired) electrons. The number of carbonyl (C=O) groups excluding carboxylic acids is 1. The molecule has 7 nitrogen and oxygen atoms in total. The normalized spacial score (nSPS) is 16.9. The molecule has 0 aliphatic carbocycles. The van der Waals surface area contributed by atoms with E-state index in [0.717, 1.165) is 11.8 Å². The van der Waals surface area contributed by atoms with Gasteiger partial charge in [0.25, 0.3) is 5.91 Å².